The molecule has 0 unspecified atom stereocenters. The van der Waals surface area contributed by atoms with Gasteiger partial charge in [-0.15, -0.1) is 0 Å². The first-order valence-electron chi connectivity index (χ1n) is 8.16. The molecule has 2 heterocycles. The third kappa shape index (κ3) is 2.43. The summed E-state index contributed by atoms with van der Waals surface area (Å²) in [7, 11) is 0. The second kappa shape index (κ2) is 5.77. The number of rotatable bonds is 1. The van der Waals surface area contributed by atoms with Gasteiger partial charge < -0.3 is 9.64 Å². The fourth-order valence-electron chi connectivity index (χ4n) is 3.76. The van der Waals surface area contributed by atoms with Crippen LogP contribution in [0, 0.1) is 0 Å². The summed E-state index contributed by atoms with van der Waals surface area (Å²) in [6.07, 6.45) is 4.39. The number of morpholine rings is 1. The maximum atomic E-state index is 13.1. The first-order valence-corrected chi connectivity index (χ1v) is 8.16. The number of hydrogen-bond donors (Lipinski definition) is 1. The van der Waals surface area contributed by atoms with Crippen molar-refractivity contribution in [2.75, 3.05) is 13.2 Å². The van der Waals surface area contributed by atoms with E-state index in [1.54, 1.807) is 18.2 Å². The smallest absolute Gasteiger partial charge is 0.275 e. The van der Waals surface area contributed by atoms with Crippen LogP contribution < -0.4 is 5.56 Å². The van der Waals surface area contributed by atoms with Crippen molar-refractivity contribution in [3.8, 4) is 0 Å². The lowest BCUT2D eigenvalue weighted by Gasteiger charge is -2.43. The third-order valence-corrected chi connectivity index (χ3v) is 4.89. The molecule has 4 rings (SSSR count). The number of benzene rings is 1. The summed E-state index contributed by atoms with van der Waals surface area (Å²) in [5.74, 6) is -0.113. The van der Waals surface area contributed by atoms with Crippen molar-refractivity contribution in [1.82, 2.24) is 15.1 Å². The third-order valence-electron chi connectivity index (χ3n) is 4.89. The second-order valence-electron chi connectivity index (χ2n) is 6.21. The van der Waals surface area contributed by atoms with E-state index in [4.69, 9.17) is 4.74 Å². The van der Waals surface area contributed by atoms with Crippen molar-refractivity contribution >= 4 is 16.7 Å². The van der Waals surface area contributed by atoms with Gasteiger partial charge in [-0.25, -0.2) is 5.10 Å². The largest absolute Gasteiger partial charge is 0.374 e. The highest BCUT2D eigenvalue weighted by Crippen LogP contribution is 2.29. The average Bonchev–Trinajstić information content (AvgIpc) is 2.61. The van der Waals surface area contributed by atoms with Crippen LogP contribution in [0.5, 0.6) is 0 Å². The molecule has 23 heavy (non-hydrogen) atoms. The predicted octanol–water partition coefficient (Wildman–Crippen LogP) is 1.71. The van der Waals surface area contributed by atoms with Gasteiger partial charge in [-0.2, -0.15) is 5.10 Å². The van der Waals surface area contributed by atoms with Crippen LogP contribution in [-0.4, -0.2) is 46.3 Å². The molecule has 6 nitrogen and oxygen atoms in total. The summed E-state index contributed by atoms with van der Waals surface area (Å²) in [5, 5.41) is 7.61. The highest BCUT2D eigenvalue weighted by Gasteiger charge is 2.37. The van der Waals surface area contributed by atoms with Gasteiger partial charge in [0.1, 0.15) is 0 Å². The number of carbonyl (C=O) groups excluding carboxylic acids is 1. The molecule has 0 spiro atoms. The molecule has 1 N–H and O–H groups in total. The summed E-state index contributed by atoms with van der Waals surface area (Å²) in [6, 6.07) is 7.23. The number of aromatic nitrogens is 2. The van der Waals surface area contributed by atoms with Crippen LogP contribution in [0.3, 0.4) is 0 Å². The van der Waals surface area contributed by atoms with Crippen molar-refractivity contribution in [2.24, 2.45) is 0 Å². The van der Waals surface area contributed by atoms with Crippen molar-refractivity contribution in [3.05, 3.63) is 40.3 Å². The minimum Gasteiger partial charge on any atom is -0.374 e. The second-order valence-corrected chi connectivity index (χ2v) is 6.21. The summed E-state index contributed by atoms with van der Waals surface area (Å²) in [6.45, 7) is 1.14. The van der Waals surface area contributed by atoms with Gasteiger partial charge in [-0.05, 0) is 18.9 Å². The predicted molar refractivity (Wildman–Crippen MR) is 85.4 cm³/mol. The van der Waals surface area contributed by atoms with Gasteiger partial charge in [-0.1, -0.05) is 31.0 Å². The number of ether oxygens (including phenoxy) is 1. The van der Waals surface area contributed by atoms with E-state index < -0.39 is 0 Å². The number of fused-ring (bicyclic) bond motifs is 2. The van der Waals surface area contributed by atoms with Crippen LogP contribution in [0.2, 0.25) is 0 Å². The molecular formula is C17H19N3O3. The van der Waals surface area contributed by atoms with Crippen LogP contribution in [-0.2, 0) is 4.74 Å². The molecule has 1 saturated carbocycles. The minimum absolute atomic E-state index is 0.113. The maximum absolute atomic E-state index is 13.1. The Morgan fingerprint density at radius 1 is 1.22 bits per heavy atom. The van der Waals surface area contributed by atoms with Crippen LogP contribution >= 0.6 is 0 Å². The molecule has 6 heteroatoms. The summed E-state index contributed by atoms with van der Waals surface area (Å²) >= 11 is 0. The lowest BCUT2D eigenvalue weighted by molar-refractivity contribution is -0.0753. The molecule has 0 radical (unpaired) electrons. The molecule has 1 amide bonds. The molecule has 1 aliphatic heterocycles. The van der Waals surface area contributed by atoms with Gasteiger partial charge in [0.05, 0.1) is 24.1 Å². The lowest BCUT2D eigenvalue weighted by atomic mass is 9.90. The van der Waals surface area contributed by atoms with Gasteiger partial charge in [-0.3, -0.25) is 9.59 Å². The topological polar surface area (TPSA) is 75.3 Å². The van der Waals surface area contributed by atoms with Crippen molar-refractivity contribution in [3.63, 3.8) is 0 Å². The quantitative estimate of drug-likeness (QED) is 0.869. The zero-order valence-electron chi connectivity index (χ0n) is 12.8. The van der Waals surface area contributed by atoms with E-state index in [-0.39, 0.29) is 23.6 Å². The fourth-order valence-corrected chi connectivity index (χ4v) is 3.76. The fraction of sp³-hybridized carbons (Fsp3) is 0.471. The Kier molecular flexibility index (Phi) is 3.61. The first kappa shape index (κ1) is 14.4. The highest BCUT2D eigenvalue weighted by molar-refractivity contribution is 6.04. The Hall–Kier alpha value is -2.21. The number of nitrogens with zero attached hydrogens (tertiary/aromatic N) is 2. The number of H-pyrrole nitrogens is 1. The zero-order valence-corrected chi connectivity index (χ0v) is 12.8. The van der Waals surface area contributed by atoms with Crippen LogP contribution in [0.15, 0.2) is 29.1 Å². The molecule has 2 fully saturated rings. The minimum atomic E-state index is -0.269. The molecule has 1 aromatic carbocycles. The Labute approximate surface area is 133 Å². The van der Waals surface area contributed by atoms with E-state index in [9.17, 15) is 9.59 Å². The summed E-state index contributed by atoms with van der Waals surface area (Å²) in [5.41, 5.74) is 0.0566. The van der Waals surface area contributed by atoms with E-state index in [0.29, 0.717) is 29.6 Å². The molecule has 120 valence electrons. The number of aromatic amines is 1. The molecule has 2 aromatic rings. The normalized spacial score (nSPS) is 24.4. The van der Waals surface area contributed by atoms with Crippen LogP contribution in [0.4, 0.5) is 0 Å². The van der Waals surface area contributed by atoms with E-state index in [2.05, 4.69) is 10.2 Å². The van der Waals surface area contributed by atoms with Gasteiger partial charge >= 0.3 is 0 Å². The monoisotopic (exact) mass is 313 g/mol. The van der Waals surface area contributed by atoms with Crippen LogP contribution in [0.1, 0.15) is 36.2 Å². The van der Waals surface area contributed by atoms with Crippen molar-refractivity contribution < 1.29 is 9.53 Å². The van der Waals surface area contributed by atoms with E-state index in [0.717, 1.165) is 25.7 Å². The van der Waals surface area contributed by atoms with Gasteiger partial charge in [0, 0.05) is 11.9 Å². The van der Waals surface area contributed by atoms with Gasteiger partial charge in [0.25, 0.3) is 11.5 Å². The number of carbonyl (C=O) groups is 1. The zero-order chi connectivity index (χ0) is 15.8. The Morgan fingerprint density at radius 2 is 2.00 bits per heavy atom. The van der Waals surface area contributed by atoms with Crippen molar-refractivity contribution in [1.29, 1.82) is 0 Å². The van der Waals surface area contributed by atoms with Crippen LogP contribution in [0.25, 0.3) is 10.8 Å². The van der Waals surface area contributed by atoms with E-state index >= 15 is 0 Å². The maximum Gasteiger partial charge on any atom is 0.275 e. The number of nitrogens with one attached hydrogen (secondary N) is 1. The lowest BCUT2D eigenvalue weighted by Crippen LogP contribution is -2.55. The molecule has 0 bridgehead atoms. The molecule has 1 aliphatic carbocycles. The standard InChI is InChI=1S/C17H19N3O3/c21-16-12-6-2-1-5-11(12)15(18-19-16)17(22)20-9-10-23-14-8-4-3-7-13(14)20/h1-2,5-6,13-14H,3-4,7-10H2,(H,19,21)/t13-,14-/m1/s1. The Balaban J connectivity index is 1.74. The van der Waals surface area contributed by atoms with E-state index in [1.165, 1.54) is 0 Å². The average molecular weight is 313 g/mol. The Bertz CT molecular complexity index is 799. The Morgan fingerprint density at radius 3 is 2.87 bits per heavy atom. The highest BCUT2D eigenvalue weighted by atomic mass is 16.5. The molecule has 1 saturated heterocycles. The number of amides is 1. The van der Waals surface area contributed by atoms with E-state index in [1.807, 2.05) is 11.0 Å². The SMILES string of the molecule is O=C(c1n[nH]c(=O)c2ccccc12)N1CCO[C@@H]2CCCC[C@H]21. The molecule has 1 aromatic heterocycles. The number of hydrogen-bond acceptors (Lipinski definition) is 4. The summed E-state index contributed by atoms with van der Waals surface area (Å²) in [4.78, 5) is 26.8. The van der Waals surface area contributed by atoms with Gasteiger partial charge in [0.15, 0.2) is 5.69 Å². The molecular weight excluding hydrogens is 294 g/mol. The first-order chi connectivity index (χ1) is 11.3. The molecule has 2 atom stereocenters. The van der Waals surface area contributed by atoms with Crippen molar-refractivity contribution in [2.45, 2.75) is 37.8 Å². The van der Waals surface area contributed by atoms with Gasteiger partial charge in [0.2, 0.25) is 0 Å². The summed E-state index contributed by atoms with van der Waals surface area (Å²) < 4.78 is 5.83. The molecule has 2 aliphatic rings.